The van der Waals surface area contributed by atoms with Crippen molar-refractivity contribution in [3.8, 4) is 5.75 Å². The predicted molar refractivity (Wildman–Crippen MR) is 92.1 cm³/mol. The van der Waals surface area contributed by atoms with Gasteiger partial charge in [-0.3, -0.25) is 4.79 Å². The van der Waals surface area contributed by atoms with Crippen molar-refractivity contribution < 1.29 is 9.53 Å². The molecule has 0 aromatic heterocycles. The molecule has 0 aliphatic carbocycles. The molecule has 1 aliphatic heterocycles. The minimum atomic E-state index is -0.493. The molecule has 1 fully saturated rings. The fourth-order valence-corrected chi connectivity index (χ4v) is 3.10. The maximum atomic E-state index is 12.3. The third-order valence-corrected chi connectivity index (χ3v) is 4.64. The van der Waals surface area contributed by atoms with Gasteiger partial charge in [0.05, 0.1) is 4.47 Å². The molecule has 2 rings (SSSR count). The van der Waals surface area contributed by atoms with Gasteiger partial charge in [-0.05, 0) is 60.8 Å². The fraction of sp³-hybridized carbons (Fsp3) is 0.588. The summed E-state index contributed by atoms with van der Waals surface area (Å²) in [6, 6.07) is 7.85. The van der Waals surface area contributed by atoms with Crippen molar-refractivity contribution in [2.75, 3.05) is 19.6 Å². The zero-order valence-electron chi connectivity index (χ0n) is 13.3. The Morgan fingerprint density at radius 1 is 1.41 bits per heavy atom. The second-order valence-corrected chi connectivity index (χ2v) is 6.67. The number of rotatable bonds is 6. The Kier molecular flexibility index (Phi) is 6.70. The van der Waals surface area contributed by atoms with Gasteiger partial charge in [0.2, 0.25) is 0 Å². The zero-order valence-corrected chi connectivity index (χ0v) is 14.9. The molecule has 0 unspecified atom stereocenters. The van der Waals surface area contributed by atoms with Crippen molar-refractivity contribution in [1.29, 1.82) is 0 Å². The van der Waals surface area contributed by atoms with E-state index in [0.717, 1.165) is 36.9 Å². The molecule has 0 spiro atoms. The molecule has 1 atom stereocenters. The van der Waals surface area contributed by atoms with Crippen LogP contribution >= 0.6 is 15.9 Å². The number of nitrogens with one attached hydrogen (secondary N) is 1. The van der Waals surface area contributed by atoms with Crippen LogP contribution in [0, 0.1) is 0 Å². The number of halogens is 1. The van der Waals surface area contributed by atoms with Crippen LogP contribution in [0.25, 0.3) is 0 Å². The summed E-state index contributed by atoms with van der Waals surface area (Å²) in [4.78, 5) is 14.7. The first-order valence-electron chi connectivity index (χ1n) is 8.04. The molecule has 4 nitrogen and oxygen atoms in total. The lowest BCUT2D eigenvalue weighted by molar-refractivity contribution is -0.128. The number of hydrogen-bond acceptors (Lipinski definition) is 3. The molecule has 1 heterocycles. The van der Waals surface area contributed by atoms with Gasteiger partial charge in [0.25, 0.3) is 5.91 Å². The molecule has 0 bridgehead atoms. The third kappa shape index (κ3) is 4.99. The van der Waals surface area contributed by atoms with E-state index in [2.05, 4.69) is 33.1 Å². The summed E-state index contributed by atoms with van der Waals surface area (Å²) in [6.45, 7) is 7.29. The molecule has 122 valence electrons. The summed E-state index contributed by atoms with van der Waals surface area (Å²) in [6.07, 6.45) is 2.74. The Balaban J connectivity index is 1.79. The van der Waals surface area contributed by atoms with E-state index in [4.69, 9.17) is 4.74 Å². The number of para-hydroxylation sites is 1. The van der Waals surface area contributed by atoms with Gasteiger partial charge in [-0.15, -0.1) is 0 Å². The van der Waals surface area contributed by atoms with Crippen LogP contribution < -0.4 is 10.1 Å². The van der Waals surface area contributed by atoms with Gasteiger partial charge in [0.1, 0.15) is 5.75 Å². The molecule has 1 amide bonds. The topological polar surface area (TPSA) is 41.6 Å². The van der Waals surface area contributed by atoms with Crippen LogP contribution in [-0.4, -0.2) is 42.6 Å². The van der Waals surface area contributed by atoms with Crippen molar-refractivity contribution >= 4 is 21.8 Å². The normalized spacial score (nSPS) is 18.0. The van der Waals surface area contributed by atoms with Crippen LogP contribution in [-0.2, 0) is 4.79 Å². The summed E-state index contributed by atoms with van der Waals surface area (Å²) in [5, 5.41) is 3.12. The number of nitrogens with zero attached hydrogens (tertiary/aromatic N) is 1. The lowest BCUT2D eigenvalue weighted by atomic mass is 10.0. The number of benzene rings is 1. The monoisotopic (exact) mass is 368 g/mol. The average molecular weight is 369 g/mol. The Morgan fingerprint density at radius 2 is 2.09 bits per heavy atom. The lowest BCUT2D eigenvalue weighted by Gasteiger charge is -2.32. The quantitative estimate of drug-likeness (QED) is 0.837. The molecular weight excluding hydrogens is 344 g/mol. The SMILES string of the molecule is CCCN1CCC(NC(=O)[C@@H](C)Oc2ccccc2Br)CC1. The van der Waals surface area contributed by atoms with Gasteiger partial charge < -0.3 is 15.0 Å². The van der Waals surface area contributed by atoms with E-state index in [1.54, 1.807) is 6.92 Å². The molecule has 1 aromatic carbocycles. The van der Waals surface area contributed by atoms with E-state index >= 15 is 0 Å². The molecule has 5 heteroatoms. The van der Waals surface area contributed by atoms with Crippen molar-refractivity contribution in [3.63, 3.8) is 0 Å². The molecular formula is C17H25BrN2O2. The molecule has 1 aliphatic rings. The Bertz CT molecular complexity index is 487. The van der Waals surface area contributed by atoms with Crippen molar-refractivity contribution in [2.45, 2.75) is 45.3 Å². The van der Waals surface area contributed by atoms with Gasteiger partial charge in [-0.25, -0.2) is 0 Å². The van der Waals surface area contributed by atoms with Crippen molar-refractivity contribution in [1.82, 2.24) is 10.2 Å². The van der Waals surface area contributed by atoms with Gasteiger partial charge in [-0.2, -0.15) is 0 Å². The highest BCUT2D eigenvalue weighted by atomic mass is 79.9. The van der Waals surface area contributed by atoms with Crippen LogP contribution in [0.2, 0.25) is 0 Å². The maximum absolute atomic E-state index is 12.3. The van der Waals surface area contributed by atoms with E-state index in [0.29, 0.717) is 5.75 Å². The summed E-state index contributed by atoms with van der Waals surface area (Å²) in [7, 11) is 0. The number of likely N-dealkylation sites (tertiary alicyclic amines) is 1. The van der Waals surface area contributed by atoms with E-state index in [9.17, 15) is 4.79 Å². The van der Waals surface area contributed by atoms with Gasteiger partial charge in [0, 0.05) is 19.1 Å². The Hall–Kier alpha value is -1.07. The van der Waals surface area contributed by atoms with E-state index in [-0.39, 0.29) is 11.9 Å². The van der Waals surface area contributed by atoms with Crippen molar-refractivity contribution in [3.05, 3.63) is 28.7 Å². The van der Waals surface area contributed by atoms with Gasteiger partial charge >= 0.3 is 0 Å². The Labute approximate surface area is 141 Å². The average Bonchev–Trinajstić information content (AvgIpc) is 2.51. The lowest BCUT2D eigenvalue weighted by Crippen LogP contribution is -2.48. The number of ether oxygens (including phenoxy) is 1. The highest BCUT2D eigenvalue weighted by Gasteiger charge is 2.23. The highest BCUT2D eigenvalue weighted by Crippen LogP contribution is 2.24. The third-order valence-electron chi connectivity index (χ3n) is 3.98. The number of piperidine rings is 1. The van der Waals surface area contributed by atoms with E-state index in [1.165, 1.54) is 6.42 Å². The van der Waals surface area contributed by atoms with E-state index in [1.807, 2.05) is 24.3 Å². The second kappa shape index (κ2) is 8.53. The molecule has 22 heavy (non-hydrogen) atoms. The molecule has 1 N–H and O–H groups in total. The van der Waals surface area contributed by atoms with Crippen molar-refractivity contribution in [2.24, 2.45) is 0 Å². The first-order valence-corrected chi connectivity index (χ1v) is 8.83. The first-order chi connectivity index (χ1) is 10.6. The molecule has 0 radical (unpaired) electrons. The largest absolute Gasteiger partial charge is 0.480 e. The first kappa shape index (κ1) is 17.3. The van der Waals surface area contributed by atoms with Gasteiger partial charge in [-0.1, -0.05) is 19.1 Å². The standard InChI is InChI=1S/C17H25BrN2O2/c1-3-10-20-11-8-14(9-12-20)19-17(21)13(2)22-16-7-5-4-6-15(16)18/h4-7,13-14H,3,8-12H2,1-2H3,(H,19,21)/t13-/m1/s1. The minimum Gasteiger partial charge on any atom is -0.480 e. The van der Waals surface area contributed by atoms with Crippen LogP contribution in [0.1, 0.15) is 33.1 Å². The Morgan fingerprint density at radius 3 is 2.73 bits per heavy atom. The molecule has 1 saturated heterocycles. The second-order valence-electron chi connectivity index (χ2n) is 5.82. The van der Waals surface area contributed by atoms with E-state index < -0.39 is 6.10 Å². The number of amides is 1. The smallest absolute Gasteiger partial charge is 0.260 e. The fourth-order valence-electron chi connectivity index (χ4n) is 2.72. The summed E-state index contributed by atoms with van der Waals surface area (Å²) in [5.41, 5.74) is 0. The minimum absolute atomic E-state index is 0.0373. The van der Waals surface area contributed by atoms with Crippen LogP contribution in [0.3, 0.4) is 0 Å². The molecule has 1 aromatic rings. The molecule has 0 saturated carbocycles. The number of hydrogen-bond donors (Lipinski definition) is 1. The maximum Gasteiger partial charge on any atom is 0.260 e. The summed E-state index contributed by atoms with van der Waals surface area (Å²) in [5.74, 6) is 0.660. The van der Waals surface area contributed by atoms with Crippen LogP contribution in [0.15, 0.2) is 28.7 Å². The number of carbonyl (C=O) groups is 1. The summed E-state index contributed by atoms with van der Waals surface area (Å²) < 4.78 is 6.60. The highest BCUT2D eigenvalue weighted by molar-refractivity contribution is 9.10. The summed E-state index contributed by atoms with van der Waals surface area (Å²) >= 11 is 3.43. The number of carbonyl (C=O) groups excluding carboxylic acids is 1. The predicted octanol–water partition coefficient (Wildman–Crippen LogP) is 3.21. The van der Waals surface area contributed by atoms with Gasteiger partial charge in [0.15, 0.2) is 6.10 Å². The zero-order chi connectivity index (χ0) is 15.9. The van der Waals surface area contributed by atoms with Crippen LogP contribution in [0.5, 0.6) is 5.75 Å². The van der Waals surface area contributed by atoms with Crippen LogP contribution in [0.4, 0.5) is 0 Å².